The van der Waals surface area contributed by atoms with Crippen molar-refractivity contribution in [1.82, 2.24) is 5.32 Å². The van der Waals surface area contributed by atoms with Crippen molar-refractivity contribution in [3.8, 4) is 0 Å². The fourth-order valence-corrected chi connectivity index (χ4v) is 4.32. The van der Waals surface area contributed by atoms with Gasteiger partial charge in [0.25, 0.3) is 17.7 Å². The number of rotatable bonds is 6. The molecule has 0 atom stereocenters. The van der Waals surface area contributed by atoms with E-state index in [0.717, 1.165) is 10.5 Å². The van der Waals surface area contributed by atoms with Gasteiger partial charge in [-0.05, 0) is 66.6 Å². The molecule has 1 heterocycles. The minimum Gasteiger partial charge on any atom is -0.350 e. The molecule has 0 bridgehead atoms. The number of hydrogen-bond donors (Lipinski definition) is 2. The van der Waals surface area contributed by atoms with Crippen molar-refractivity contribution < 1.29 is 14.4 Å². The third-order valence-corrected chi connectivity index (χ3v) is 6.73. The molecular weight excluding hydrogens is 532 g/mol. The molecule has 3 aromatic rings. The van der Waals surface area contributed by atoms with Crippen LogP contribution < -0.4 is 15.5 Å². The average Bonchev–Trinajstić information content (AvgIpc) is 3.04. The highest BCUT2D eigenvalue weighted by atomic mass is 35.5. The van der Waals surface area contributed by atoms with Crippen molar-refractivity contribution in [2.24, 2.45) is 0 Å². The summed E-state index contributed by atoms with van der Waals surface area (Å²) < 4.78 is 0. The first kappa shape index (κ1) is 25.1. The third kappa shape index (κ3) is 5.16. The number of halogens is 4. The van der Waals surface area contributed by atoms with Crippen molar-refractivity contribution in [3.05, 3.63) is 103 Å². The zero-order chi connectivity index (χ0) is 25.3. The molecule has 0 spiro atoms. The Kier molecular flexibility index (Phi) is 7.38. The summed E-state index contributed by atoms with van der Waals surface area (Å²) in [6, 6.07) is 16.3. The van der Waals surface area contributed by atoms with E-state index in [4.69, 9.17) is 46.4 Å². The lowest BCUT2D eigenvalue weighted by Crippen LogP contribution is -2.32. The van der Waals surface area contributed by atoms with E-state index in [1.54, 1.807) is 67.6 Å². The molecule has 0 saturated heterocycles. The van der Waals surface area contributed by atoms with Crippen LogP contribution in [0.4, 0.5) is 11.4 Å². The van der Waals surface area contributed by atoms with Crippen molar-refractivity contribution in [2.45, 2.75) is 13.5 Å². The van der Waals surface area contributed by atoms with Gasteiger partial charge in [0.1, 0.15) is 10.7 Å². The number of anilines is 2. The van der Waals surface area contributed by atoms with Crippen LogP contribution in [0.15, 0.2) is 71.4 Å². The molecule has 3 aromatic carbocycles. The summed E-state index contributed by atoms with van der Waals surface area (Å²) in [5.74, 6) is -1.57. The number of amides is 3. The van der Waals surface area contributed by atoms with E-state index in [2.05, 4.69) is 10.6 Å². The van der Waals surface area contributed by atoms with Gasteiger partial charge in [0.05, 0.1) is 5.69 Å². The van der Waals surface area contributed by atoms with Crippen LogP contribution >= 0.6 is 46.4 Å². The van der Waals surface area contributed by atoms with E-state index in [1.165, 1.54) is 0 Å². The maximum absolute atomic E-state index is 13.0. The maximum Gasteiger partial charge on any atom is 0.283 e. The van der Waals surface area contributed by atoms with Crippen LogP contribution in [0.5, 0.6) is 0 Å². The summed E-state index contributed by atoms with van der Waals surface area (Å²) in [7, 11) is 0. The highest BCUT2D eigenvalue weighted by Crippen LogP contribution is 2.34. The largest absolute Gasteiger partial charge is 0.350 e. The Morgan fingerprint density at radius 3 is 2.29 bits per heavy atom. The summed E-state index contributed by atoms with van der Waals surface area (Å²) >= 11 is 24.4. The van der Waals surface area contributed by atoms with Crippen molar-refractivity contribution in [2.75, 3.05) is 10.2 Å². The lowest BCUT2D eigenvalue weighted by molar-refractivity contribution is -0.120. The Hall–Kier alpha value is -3.03. The van der Waals surface area contributed by atoms with E-state index in [0.29, 0.717) is 37.6 Å². The van der Waals surface area contributed by atoms with Gasteiger partial charge in [-0.1, -0.05) is 58.5 Å². The Morgan fingerprint density at radius 1 is 0.886 bits per heavy atom. The Morgan fingerprint density at radius 2 is 1.60 bits per heavy atom. The molecule has 2 N–H and O–H groups in total. The maximum atomic E-state index is 13.0. The van der Waals surface area contributed by atoms with Crippen LogP contribution in [-0.4, -0.2) is 17.7 Å². The number of nitrogens with zero attached hydrogens (tertiary/aromatic N) is 1. The first-order chi connectivity index (χ1) is 16.7. The minimum atomic E-state index is -0.651. The van der Waals surface area contributed by atoms with Gasteiger partial charge in [-0.25, -0.2) is 4.90 Å². The fourth-order valence-electron chi connectivity index (χ4n) is 3.46. The summed E-state index contributed by atoms with van der Waals surface area (Å²) in [5, 5.41) is 6.82. The third-order valence-electron chi connectivity index (χ3n) is 5.38. The van der Waals surface area contributed by atoms with Crippen molar-refractivity contribution in [1.29, 1.82) is 0 Å². The monoisotopic (exact) mass is 547 g/mol. The molecule has 0 saturated carbocycles. The topological polar surface area (TPSA) is 78.5 Å². The van der Waals surface area contributed by atoms with E-state index < -0.39 is 11.8 Å². The molecule has 6 nitrogen and oxygen atoms in total. The predicted octanol–water partition coefficient (Wildman–Crippen LogP) is 6.32. The number of carbonyl (C=O) groups excluding carboxylic acids is 3. The molecule has 4 rings (SSSR count). The summed E-state index contributed by atoms with van der Waals surface area (Å²) in [4.78, 5) is 39.2. The zero-order valence-corrected chi connectivity index (χ0v) is 21.2. The molecule has 0 aliphatic carbocycles. The predicted molar refractivity (Wildman–Crippen MR) is 139 cm³/mol. The van der Waals surface area contributed by atoms with Gasteiger partial charge in [-0.3, -0.25) is 14.4 Å². The molecule has 1 aliphatic rings. The Labute approximate surface area is 221 Å². The molecule has 10 heteroatoms. The summed E-state index contributed by atoms with van der Waals surface area (Å²) in [5.41, 5.74) is 2.47. The van der Waals surface area contributed by atoms with Crippen molar-refractivity contribution >= 4 is 75.5 Å². The standard InChI is InChI=1S/C25H17Cl4N3O3/c1-13-18(27)3-2-4-20(13)32-24(34)21(29)22(25(32)35)31-17-9-6-14(7-10-17)23(33)30-12-15-5-8-16(26)11-19(15)28/h2-11,31H,12H2,1H3,(H,30,33). The number of carbonyl (C=O) groups is 3. The molecular formula is C25H17Cl4N3O3. The Bertz CT molecular complexity index is 1390. The number of nitrogens with one attached hydrogen (secondary N) is 2. The zero-order valence-electron chi connectivity index (χ0n) is 18.2. The van der Waals surface area contributed by atoms with Crippen LogP contribution in [0.2, 0.25) is 15.1 Å². The Balaban J connectivity index is 1.45. The summed E-state index contributed by atoms with van der Waals surface area (Å²) in [6.45, 7) is 1.94. The molecule has 0 aromatic heterocycles. The lowest BCUT2D eigenvalue weighted by Gasteiger charge is -2.18. The van der Waals surface area contributed by atoms with E-state index in [-0.39, 0.29) is 23.2 Å². The molecule has 0 unspecified atom stereocenters. The lowest BCUT2D eigenvalue weighted by atomic mass is 10.1. The SMILES string of the molecule is Cc1c(Cl)cccc1N1C(=O)C(Cl)=C(Nc2ccc(C(=O)NCc3ccc(Cl)cc3Cl)cc2)C1=O. The average molecular weight is 549 g/mol. The first-order valence-electron chi connectivity index (χ1n) is 10.3. The quantitative estimate of drug-likeness (QED) is 0.353. The molecule has 35 heavy (non-hydrogen) atoms. The van der Waals surface area contributed by atoms with Gasteiger partial charge in [0.2, 0.25) is 0 Å². The molecule has 0 fully saturated rings. The highest BCUT2D eigenvalue weighted by Gasteiger charge is 2.39. The number of imide groups is 1. The number of benzene rings is 3. The highest BCUT2D eigenvalue weighted by molar-refractivity contribution is 6.53. The van der Waals surface area contributed by atoms with E-state index >= 15 is 0 Å². The van der Waals surface area contributed by atoms with Gasteiger partial charge in [0, 0.05) is 32.9 Å². The van der Waals surface area contributed by atoms with Crippen LogP contribution in [0.25, 0.3) is 0 Å². The molecule has 178 valence electrons. The van der Waals surface area contributed by atoms with Crippen LogP contribution in [0.3, 0.4) is 0 Å². The first-order valence-corrected chi connectivity index (χ1v) is 11.8. The molecule has 0 radical (unpaired) electrons. The van der Waals surface area contributed by atoms with Crippen LogP contribution in [-0.2, 0) is 16.1 Å². The number of hydrogen-bond acceptors (Lipinski definition) is 4. The van der Waals surface area contributed by atoms with Gasteiger partial charge in [-0.2, -0.15) is 0 Å². The minimum absolute atomic E-state index is 0.0642. The van der Waals surface area contributed by atoms with E-state index in [9.17, 15) is 14.4 Å². The van der Waals surface area contributed by atoms with Gasteiger partial charge < -0.3 is 10.6 Å². The smallest absolute Gasteiger partial charge is 0.283 e. The summed E-state index contributed by atoms with van der Waals surface area (Å²) in [6.07, 6.45) is 0. The fraction of sp³-hybridized carbons (Fsp3) is 0.0800. The second-order valence-electron chi connectivity index (χ2n) is 7.64. The van der Waals surface area contributed by atoms with Gasteiger partial charge >= 0.3 is 0 Å². The second kappa shape index (κ2) is 10.3. The van der Waals surface area contributed by atoms with Crippen LogP contribution in [0.1, 0.15) is 21.5 Å². The van der Waals surface area contributed by atoms with Gasteiger partial charge in [-0.15, -0.1) is 0 Å². The second-order valence-corrected chi connectivity index (χ2v) is 9.27. The molecule has 1 aliphatic heterocycles. The van der Waals surface area contributed by atoms with Crippen molar-refractivity contribution in [3.63, 3.8) is 0 Å². The van der Waals surface area contributed by atoms with Gasteiger partial charge in [0.15, 0.2) is 0 Å². The van der Waals surface area contributed by atoms with Crippen LogP contribution in [0, 0.1) is 6.92 Å². The normalized spacial score (nSPS) is 13.5. The molecule has 3 amide bonds. The van der Waals surface area contributed by atoms with E-state index in [1.807, 2.05) is 0 Å².